The van der Waals surface area contributed by atoms with Gasteiger partial charge < -0.3 is 5.11 Å². The van der Waals surface area contributed by atoms with E-state index in [9.17, 15) is 5.11 Å². The second-order valence-electron chi connectivity index (χ2n) is 6.33. The third kappa shape index (κ3) is 13.7. The van der Waals surface area contributed by atoms with Crippen molar-refractivity contribution in [1.29, 1.82) is 0 Å². The molecule has 0 rings (SSSR count). The van der Waals surface area contributed by atoms with Gasteiger partial charge in [0, 0.05) is 0 Å². The van der Waals surface area contributed by atoms with Gasteiger partial charge in [0.25, 0.3) is 0 Å². The summed E-state index contributed by atoms with van der Waals surface area (Å²) in [6, 6.07) is 0. The van der Waals surface area contributed by atoms with Gasteiger partial charge in [-0.05, 0) is 65.7 Å². The molecule has 2 atom stereocenters. The molecule has 0 spiro atoms. The Kier molecular flexibility index (Phi) is 10.9. The predicted molar refractivity (Wildman–Crippen MR) is 86.4 cm³/mol. The Morgan fingerprint density at radius 3 is 2.21 bits per heavy atom. The number of rotatable bonds is 10. The minimum absolute atomic E-state index is 0.135. The van der Waals surface area contributed by atoms with Gasteiger partial charge in [-0.2, -0.15) is 0 Å². The molecule has 0 bridgehead atoms. The molecule has 0 fully saturated rings. The quantitative estimate of drug-likeness (QED) is 0.507. The van der Waals surface area contributed by atoms with E-state index >= 15 is 0 Å². The van der Waals surface area contributed by atoms with E-state index < -0.39 is 0 Å². The van der Waals surface area contributed by atoms with Crippen LogP contribution in [0.15, 0.2) is 23.3 Å². The van der Waals surface area contributed by atoms with Crippen LogP contribution >= 0.6 is 0 Å². The van der Waals surface area contributed by atoms with Crippen LogP contribution < -0.4 is 0 Å². The van der Waals surface area contributed by atoms with Crippen molar-refractivity contribution in [3.05, 3.63) is 23.3 Å². The van der Waals surface area contributed by atoms with Gasteiger partial charge in [-0.25, -0.2) is 0 Å². The van der Waals surface area contributed by atoms with Gasteiger partial charge in [-0.15, -0.1) is 0 Å². The van der Waals surface area contributed by atoms with Crippen molar-refractivity contribution in [2.75, 3.05) is 0 Å². The molecule has 0 aliphatic heterocycles. The molecule has 0 amide bonds. The average Bonchev–Trinajstić information content (AvgIpc) is 2.27. The lowest BCUT2D eigenvalue weighted by Gasteiger charge is -2.11. The Hall–Kier alpha value is -0.560. The van der Waals surface area contributed by atoms with E-state index in [4.69, 9.17) is 0 Å². The lowest BCUT2D eigenvalue weighted by molar-refractivity contribution is 0.178. The molecule has 0 heterocycles. The Morgan fingerprint density at radius 2 is 1.63 bits per heavy atom. The highest BCUT2D eigenvalue weighted by atomic mass is 16.3. The smallest absolute Gasteiger partial charge is 0.0512 e. The van der Waals surface area contributed by atoms with Gasteiger partial charge in [0.15, 0.2) is 0 Å². The molecule has 112 valence electrons. The van der Waals surface area contributed by atoms with Gasteiger partial charge >= 0.3 is 0 Å². The maximum absolute atomic E-state index is 9.22. The molecule has 1 heteroatoms. The third-order valence-corrected chi connectivity index (χ3v) is 3.56. The third-order valence-electron chi connectivity index (χ3n) is 3.56. The Bertz CT molecular complexity index is 269. The topological polar surface area (TPSA) is 20.2 Å². The highest BCUT2D eigenvalue weighted by Crippen LogP contribution is 2.16. The number of aliphatic hydroxyl groups is 1. The van der Waals surface area contributed by atoms with Crippen LogP contribution in [-0.2, 0) is 0 Å². The minimum Gasteiger partial charge on any atom is -0.393 e. The predicted octanol–water partition coefficient (Wildman–Crippen LogP) is 5.65. The number of hydrogen-bond donors (Lipinski definition) is 1. The number of hydrogen-bond acceptors (Lipinski definition) is 1. The van der Waals surface area contributed by atoms with E-state index in [1.54, 1.807) is 0 Å². The fourth-order valence-electron chi connectivity index (χ4n) is 2.21. The van der Waals surface area contributed by atoms with Crippen molar-refractivity contribution < 1.29 is 5.11 Å². The van der Waals surface area contributed by atoms with Crippen molar-refractivity contribution >= 4 is 0 Å². The van der Waals surface area contributed by atoms with E-state index in [0.29, 0.717) is 0 Å². The summed E-state index contributed by atoms with van der Waals surface area (Å²) in [6.07, 6.45) is 12.8. The van der Waals surface area contributed by atoms with Crippen molar-refractivity contribution in [3.8, 4) is 0 Å². The lowest BCUT2D eigenvalue weighted by atomic mass is 9.97. The Labute approximate surface area is 120 Å². The van der Waals surface area contributed by atoms with Crippen LogP contribution in [-0.4, -0.2) is 11.2 Å². The van der Waals surface area contributed by atoms with E-state index in [1.165, 1.54) is 43.3 Å². The van der Waals surface area contributed by atoms with Crippen molar-refractivity contribution in [2.45, 2.75) is 85.7 Å². The van der Waals surface area contributed by atoms with Gasteiger partial charge in [0.1, 0.15) is 0 Å². The monoisotopic (exact) mass is 266 g/mol. The van der Waals surface area contributed by atoms with Crippen molar-refractivity contribution in [2.24, 2.45) is 5.92 Å². The molecule has 0 aromatic rings. The second kappa shape index (κ2) is 11.3. The second-order valence-corrected chi connectivity index (χ2v) is 6.33. The molecule has 2 unspecified atom stereocenters. The molecule has 0 saturated carbocycles. The normalized spacial score (nSPS) is 15.2. The summed E-state index contributed by atoms with van der Waals surface area (Å²) in [4.78, 5) is 0. The van der Waals surface area contributed by atoms with E-state index in [1.807, 2.05) is 6.92 Å². The zero-order chi connectivity index (χ0) is 14.7. The molecule has 0 aliphatic rings. The van der Waals surface area contributed by atoms with Crippen LogP contribution in [0.25, 0.3) is 0 Å². The van der Waals surface area contributed by atoms with Gasteiger partial charge in [-0.1, -0.05) is 43.1 Å². The molecule has 19 heavy (non-hydrogen) atoms. The van der Waals surface area contributed by atoms with E-state index in [-0.39, 0.29) is 6.10 Å². The number of aliphatic hydroxyl groups excluding tert-OH is 1. The maximum Gasteiger partial charge on any atom is 0.0512 e. The lowest BCUT2D eigenvalue weighted by Crippen LogP contribution is -2.01. The van der Waals surface area contributed by atoms with Crippen LogP contribution in [0.2, 0.25) is 0 Å². The summed E-state index contributed by atoms with van der Waals surface area (Å²) in [6.45, 7) is 10.8. The van der Waals surface area contributed by atoms with Crippen LogP contribution in [0.1, 0.15) is 79.6 Å². The van der Waals surface area contributed by atoms with Crippen LogP contribution in [0.4, 0.5) is 0 Å². The van der Waals surface area contributed by atoms with E-state index in [0.717, 1.165) is 18.8 Å². The summed E-state index contributed by atoms with van der Waals surface area (Å²) >= 11 is 0. The fourth-order valence-corrected chi connectivity index (χ4v) is 2.21. The van der Waals surface area contributed by atoms with Crippen LogP contribution in [0.5, 0.6) is 0 Å². The minimum atomic E-state index is -0.135. The Morgan fingerprint density at radius 1 is 0.947 bits per heavy atom. The first-order chi connectivity index (χ1) is 8.91. The highest BCUT2D eigenvalue weighted by Gasteiger charge is 2.02. The summed E-state index contributed by atoms with van der Waals surface area (Å²) in [5.41, 5.74) is 2.94. The summed E-state index contributed by atoms with van der Waals surface area (Å²) in [5.74, 6) is 0.778. The first kappa shape index (κ1) is 18.4. The summed E-state index contributed by atoms with van der Waals surface area (Å²) in [7, 11) is 0. The molecule has 0 radical (unpaired) electrons. The zero-order valence-electron chi connectivity index (χ0n) is 13.7. The number of allylic oxidation sites excluding steroid dienone is 4. The molecule has 1 N–H and O–H groups in total. The van der Waals surface area contributed by atoms with Crippen molar-refractivity contribution in [3.63, 3.8) is 0 Å². The van der Waals surface area contributed by atoms with E-state index in [2.05, 4.69) is 39.8 Å². The molecule has 0 aliphatic carbocycles. The van der Waals surface area contributed by atoms with Gasteiger partial charge in [0.05, 0.1) is 6.10 Å². The largest absolute Gasteiger partial charge is 0.393 e. The van der Waals surface area contributed by atoms with Crippen LogP contribution in [0.3, 0.4) is 0 Å². The first-order valence-corrected chi connectivity index (χ1v) is 7.89. The molecule has 1 nitrogen and oxygen atoms in total. The molecule has 0 aromatic carbocycles. The van der Waals surface area contributed by atoms with Gasteiger partial charge in [0.2, 0.25) is 0 Å². The summed E-state index contributed by atoms with van der Waals surface area (Å²) in [5, 5.41) is 9.22. The van der Waals surface area contributed by atoms with Gasteiger partial charge in [-0.3, -0.25) is 0 Å². The fraction of sp³-hybridized carbons (Fsp3) is 0.778. The highest BCUT2D eigenvalue weighted by molar-refractivity contribution is 5.02. The maximum atomic E-state index is 9.22. The molecule has 0 saturated heterocycles. The van der Waals surface area contributed by atoms with Crippen LogP contribution in [0, 0.1) is 5.92 Å². The summed E-state index contributed by atoms with van der Waals surface area (Å²) < 4.78 is 0. The molecular formula is C18H34O. The molecular weight excluding hydrogens is 232 g/mol. The first-order valence-electron chi connectivity index (χ1n) is 7.89. The Balaban J connectivity index is 3.66. The average molecular weight is 266 g/mol. The molecule has 0 aromatic heterocycles. The standard InChI is InChI=1S/C18H34O/c1-15(2)9-6-10-16(3)11-7-12-17(4)13-8-14-18(5)19/h9,11,17-19H,6-8,10,12-14H2,1-5H3. The van der Waals surface area contributed by atoms with Crippen molar-refractivity contribution in [1.82, 2.24) is 0 Å². The SMILES string of the molecule is CC(C)=CCCC(C)=CCCC(C)CCCC(C)O. The zero-order valence-corrected chi connectivity index (χ0v) is 13.7.